The second kappa shape index (κ2) is 5.73. The van der Waals surface area contributed by atoms with E-state index in [4.69, 9.17) is 0 Å². The second-order valence-corrected chi connectivity index (χ2v) is 5.91. The van der Waals surface area contributed by atoms with Crippen LogP contribution in [-0.2, 0) is 6.42 Å². The summed E-state index contributed by atoms with van der Waals surface area (Å²) in [4.78, 5) is 20.2. The number of anilines is 1. The van der Waals surface area contributed by atoms with Crippen molar-refractivity contribution in [3.63, 3.8) is 0 Å². The third-order valence-electron chi connectivity index (χ3n) is 3.12. The third-order valence-corrected chi connectivity index (χ3v) is 4.29. The van der Waals surface area contributed by atoms with Crippen molar-refractivity contribution in [2.75, 3.05) is 11.9 Å². The molecule has 0 bridgehead atoms. The van der Waals surface area contributed by atoms with Crippen molar-refractivity contribution in [2.24, 2.45) is 0 Å². The van der Waals surface area contributed by atoms with E-state index in [1.54, 1.807) is 23.7 Å². The number of rotatable bonds is 4. The van der Waals surface area contributed by atoms with Gasteiger partial charge in [-0.2, -0.15) is 0 Å². The van der Waals surface area contributed by atoms with Gasteiger partial charge in [0, 0.05) is 23.8 Å². The standard InChI is InChI=1S/C15H17N5S/c1-4-10-6-11-12(16-5-2)19-14(20-15(11)21-10)13-17-7-9(3)8-18-13/h6-8H,4-5H2,1-3H3,(H,16,19,20). The lowest BCUT2D eigenvalue weighted by atomic mass is 10.3. The number of nitrogens with one attached hydrogen (secondary N) is 1. The van der Waals surface area contributed by atoms with E-state index < -0.39 is 0 Å². The molecule has 3 aromatic heterocycles. The van der Waals surface area contributed by atoms with Crippen molar-refractivity contribution in [1.29, 1.82) is 0 Å². The second-order valence-electron chi connectivity index (χ2n) is 4.80. The highest BCUT2D eigenvalue weighted by molar-refractivity contribution is 7.18. The van der Waals surface area contributed by atoms with E-state index in [9.17, 15) is 0 Å². The molecule has 0 aliphatic heterocycles. The zero-order valence-corrected chi connectivity index (χ0v) is 13.2. The Morgan fingerprint density at radius 1 is 1.10 bits per heavy atom. The number of fused-ring (bicyclic) bond motifs is 1. The summed E-state index contributed by atoms with van der Waals surface area (Å²) in [7, 11) is 0. The van der Waals surface area contributed by atoms with Crippen molar-refractivity contribution < 1.29 is 0 Å². The molecule has 0 atom stereocenters. The number of aryl methyl sites for hydroxylation is 2. The molecule has 0 aliphatic carbocycles. The molecule has 0 saturated heterocycles. The zero-order valence-electron chi connectivity index (χ0n) is 12.3. The zero-order chi connectivity index (χ0) is 14.8. The van der Waals surface area contributed by atoms with E-state index in [2.05, 4.69) is 45.2 Å². The lowest BCUT2D eigenvalue weighted by molar-refractivity contribution is 1.07. The van der Waals surface area contributed by atoms with E-state index in [-0.39, 0.29) is 0 Å². The molecule has 0 amide bonds. The minimum Gasteiger partial charge on any atom is -0.370 e. The third kappa shape index (κ3) is 2.71. The molecule has 0 aliphatic rings. The summed E-state index contributed by atoms with van der Waals surface area (Å²) >= 11 is 1.70. The number of hydrogen-bond acceptors (Lipinski definition) is 6. The molecule has 3 rings (SSSR count). The molecule has 0 radical (unpaired) electrons. The molecule has 0 unspecified atom stereocenters. The van der Waals surface area contributed by atoms with Crippen molar-refractivity contribution in [1.82, 2.24) is 19.9 Å². The fraction of sp³-hybridized carbons (Fsp3) is 0.333. The van der Waals surface area contributed by atoms with Crippen LogP contribution >= 0.6 is 11.3 Å². The first-order valence-electron chi connectivity index (χ1n) is 7.04. The average molecular weight is 299 g/mol. The Bertz CT molecular complexity index is 764. The minimum atomic E-state index is 0.563. The molecule has 3 aromatic rings. The van der Waals surface area contributed by atoms with Crippen LogP contribution in [0.5, 0.6) is 0 Å². The number of aromatic nitrogens is 4. The Balaban J connectivity index is 2.16. The van der Waals surface area contributed by atoms with Crippen LogP contribution in [0, 0.1) is 6.92 Å². The summed E-state index contributed by atoms with van der Waals surface area (Å²) in [6.45, 7) is 6.99. The highest BCUT2D eigenvalue weighted by atomic mass is 32.1. The molecule has 21 heavy (non-hydrogen) atoms. The Kier molecular flexibility index (Phi) is 3.79. The van der Waals surface area contributed by atoms with Gasteiger partial charge in [0.05, 0.1) is 5.39 Å². The molecule has 108 valence electrons. The van der Waals surface area contributed by atoms with Crippen LogP contribution in [-0.4, -0.2) is 26.5 Å². The van der Waals surface area contributed by atoms with Crippen LogP contribution in [0.4, 0.5) is 5.82 Å². The first kappa shape index (κ1) is 13.9. The fourth-order valence-corrected chi connectivity index (χ4v) is 3.02. The first-order chi connectivity index (χ1) is 10.2. The van der Waals surface area contributed by atoms with Gasteiger partial charge in [-0.15, -0.1) is 11.3 Å². The molecule has 0 saturated carbocycles. The first-order valence-corrected chi connectivity index (χ1v) is 7.86. The van der Waals surface area contributed by atoms with E-state index in [0.717, 1.165) is 34.6 Å². The van der Waals surface area contributed by atoms with Gasteiger partial charge >= 0.3 is 0 Å². The lowest BCUT2D eigenvalue weighted by Gasteiger charge is -2.06. The minimum absolute atomic E-state index is 0.563. The molecule has 0 fully saturated rings. The van der Waals surface area contributed by atoms with Crippen molar-refractivity contribution in [3.05, 3.63) is 28.9 Å². The van der Waals surface area contributed by atoms with Gasteiger partial charge in [-0.1, -0.05) is 6.92 Å². The lowest BCUT2D eigenvalue weighted by Crippen LogP contribution is -2.03. The van der Waals surface area contributed by atoms with E-state index >= 15 is 0 Å². The van der Waals surface area contributed by atoms with Gasteiger partial charge in [0.1, 0.15) is 10.6 Å². The van der Waals surface area contributed by atoms with Crippen LogP contribution < -0.4 is 5.32 Å². The summed E-state index contributed by atoms with van der Waals surface area (Å²) < 4.78 is 0. The Hall–Kier alpha value is -2.08. The summed E-state index contributed by atoms with van der Waals surface area (Å²) in [5, 5.41) is 4.39. The maximum atomic E-state index is 4.63. The van der Waals surface area contributed by atoms with E-state index in [1.165, 1.54) is 4.88 Å². The monoisotopic (exact) mass is 299 g/mol. The fourth-order valence-electron chi connectivity index (χ4n) is 2.06. The number of nitrogens with zero attached hydrogens (tertiary/aromatic N) is 4. The van der Waals surface area contributed by atoms with Crippen molar-refractivity contribution in [3.8, 4) is 11.6 Å². The predicted molar refractivity (Wildman–Crippen MR) is 86.7 cm³/mol. The molecular weight excluding hydrogens is 282 g/mol. The van der Waals surface area contributed by atoms with Gasteiger partial charge in [0.2, 0.25) is 5.82 Å². The van der Waals surface area contributed by atoms with Crippen LogP contribution in [0.15, 0.2) is 18.5 Å². The maximum absolute atomic E-state index is 4.63. The Morgan fingerprint density at radius 2 is 1.86 bits per heavy atom. The van der Waals surface area contributed by atoms with Gasteiger partial charge in [0.15, 0.2) is 5.82 Å². The molecule has 0 spiro atoms. The SMILES string of the molecule is CCNc1nc(-c2ncc(C)cn2)nc2sc(CC)cc12. The molecule has 3 heterocycles. The largest absolute Gasteiger partial charge is 0.370 e. The van der Waals surface area contributed by atoms with Crippen LogP contribution in [0.25, 0.3) is 21.9 Å². The van der Waals surface area contributed by atoms with Gasteiger partial charge in [0.25, 0.3) is 0 Å². The normalized spacial score (nSPS) is 11.0. The quantitative estimate of drug-likeness (QED) is 0.799. The van der Waals surface area contributed by atoms with Gasteiger partial charge in [-0.05, 0) is 31.9 Å². The van der Waals surface area contributed by atoms with E-state index in [1.807, 2.05) is 6.92 Å². The smallest absolute Gasteiger partial charge is 0.201 e. The maximum Gasteiger partial charge on any atom is 0.201 e. The topological polar surface area (TPSA) is 63.6 Å². The summed E-state index contributed by atoms with van der Waals surface area (Å²) in [6, 6.07) is 2.16. The predicted octanol–water partition coefficient (Wildman–Crippen LogP) is 3.45. The van der Waals surface area contributed by atoms with E-state index in [0.29, 0.717) is 11.6 Å². The van der Waals surface area contributed by atoms with Gasteiger partial charge in [-0.3, -0.25) is 0 Å². The molecule has 0 aromatic carbocycles. The molecule has 5 nitrogen and oxygen atoms in total. The van der Waals surface area contributed by atoms with Gasteiger partial charge in [-0.25, -0.2) is 19.9 Å². The van der Waals surface area contributed by atoms with Crippen LogP contribution in [0.3, 0.4) is 0 Å². The Labute approximate surface area is 127 Å². The summed E-state index contributed by atoms with van der Waals surface area (Å²) in [5.74, 6) is 1.99. The molecule has 6 heteroatoms. The highest BCUT2D eigenvalue weighted by Gasteiger charge is 2.13. The van der Waals surface area contributed by atoms with Crippen LogP contribution in [0.1, 0.15) is 24.3 Å². The van der Waals surface area contributed by atoms with Crippen molar-refractivity contribution in [2.45, 2.75) is 27.2 Å². The average Bonchev–Trinajstić information content (AvgIpc) is 2.91. The summed E-state index contributed by atoms with van der Waals surface area (Å²) in [6.07, 6.45) is 4.58. The Morgan fingerprint density at radius 3 is 2.52 bits per heavy atom. The van der Waals surface area contributed by atoms with Crippen LogP contribution in [0.2, 0.25) is 0 Å². The number of thiophene rings is 1. The summed E-state index contributed by atoms with van der Waals surface area (Å²) in [5.41, 5.74) is 1.02. The number of hydrogen-bond donors (Lipinski definition) is 1. The highest BCUT2D eigenvalue weighted by Crippen LogP contribution is 2.30. The molecular formula is C15H17N5S. The van der Waals surface area contributed by atoms with Crippen molar-refractivity contribution >= 4 is 27.4 Å². The van der Waals surface area contributed by atoms with Gasteiger partial charge < -0.3 is 5.32 Å². The molecule has 1 N–H and O–H groups in total.